The molecule has 0 heterocycles. The van der Waals surface area contributed by atoms with E-state index < -0.39 is 0 Å². The summed E-state index contributed by atoms with van der Waals surface area (Å²) in [5.41, 5.74) is 7.75. The summed E-state index contributed by atoms with van der Waals surface area (Å²) in [6.07, 6.45) is 0. The van der Waals surface area contributed by atoms with Gasteiger partial charge in [0, 0.05) is 0 Å². The Morgan fingerprint density at radius 2 is 0.650 bits per heavy atom. The van der Waals surface area contributed by atoms with Crippen molar-refractivity contribution < 1.29 is 0 Å². The van der Waals surface area contributed by atoms with Crippen LogP contribution in [0.15, 0.2) is 133 Å². The molecule has 0 aromatic heterocycles. The predicted molar refractivity (Wildman–Crippen MR) is 174 cm³/mol. The monoisotopic (exact) mass is 508 g/mol. The SMILES string of the molecule is Cc1cc(-c2cc3ccccc3c3ccccc23)cc2c(C)cc(-c3cc4ccccc4c4ccccc34)cc12. The molecule has 8 aromatic rings. The first-order valence-corrected chi connectivity index (χ1v) is 14.0. The van der Waals surface area contributed by atoms with Gasteiger partial charge in [-0.2, -0.15) is 0 Å². The van der Waals surface area contributed by atoms with Crippen LogP contribution in [0.3, 0.4) is 0 Å². The van der Waals surface area contributed by atoms with Gasteiger partial charge in [0.15, 0.2) is 0 Å². The molecule has 0 fully saturated rings. The van der Waals surface area contributed by atoms with Gasteiger partial charge < -0.3 is 0 Å². The molecule has 0 nitrogen and oxygen atoms in total. The van der Waals surface area contributed by atoms with E-state index >= 15 is 0 Å². The maximum atomic E-state index is 2.40. The zero-order chi connectivity index (χ0) is 26.8. The van der Waals surface area contributed by atoms with Crippen LogP contribution in [0, 0.1) is 13.8 Å². The number of rotatable bonds is 2. The lowest BCUT2D eigenvalue weighted by molar-refractivity contribution is 1.48. The van der Waals surface area contributed by atoms with Crippen LogP contribution >= 0.6 is 0 Å². The third-order valence-corrected chi connectivity index (χ3v) is 8.64. The maximum Gasteiger partial charge on any atom is -0.00987 e. The summed E-state index contributed by atoms with van der Waals surface area (Å²) in [5, 5.41) is 13.0. The van der Waals surface area contributed by atoms with Gasteiger partial charge in [0.2, 0.25) is 0 Å². The van der Waals surface area contributed by atoms with E-state index in [1.165, 1.54) is 87.2 Å². The van der Waals surface area contributed by atoms with E-state index in [-0.39, 0.29) is 0 Å². The molecule has 0 amide bonds. The lowest BCUT2D eigenvalue weighted by Crippen LogP contribution is -1.91. The summed E-state index contributed by atoms with van der Waals surface area (Å²) < 4.78 is 0. The third kappa shape index (κ3) is 3.46. The molecule has 8 aromatic carbocycles. The third-order valence-electron chi connectivity index (χ3n) is 8.64. The van der Waals surface area contributed by atoms with Gasteiger partial charge in [-0.1, -0.05) is 109 Å². The van der Waals surface area contributed by atoms with Gasteiger partial charge in [-0.05, 0) is 125 Å². The smallest absolute Gasteiger partial charge is 0.00987 e. The fourth-order valence-electron chi connectivity index (χ4n) is 6.72. The Hall–Kier alpha value is -4.94. The second kappa shape index (κ2) is 8.79. The standard InChI is InChI=1S/C40H28/c1-25-19-29(39-21-27-11-3-5-13-31(27)33-15-7-9-17-35(33)39)24-38-26(2)20-30(23-37(25)38)40-22-28-12-4-6-14-32(28)34-16-8-10-18-36(34)40/h3-24H,1-2H3. The van der Waals surface area contributed by atoms with Gasteiger partial charge in [0.1, 0.15) is 0 Å². The van der Waals surface area contributed by atoms with E-state index in [4.69, 9.17) is 0 Å². The van der Waals surface area contributed by atoms with Gasteiger partial charge in [0.05, 0.1) is 0 Å². The second-order valence-electron chi connectivity index (χ2n) is 11.1. The van der Waals surface area contributed by atoms with Crippen molar-refractivity contribution in [3.05, 3.63) is 145 Å². The van der Waals surface area contributed by atoms with Crippen molar-refractivity contribution in [2.75, 3.05) is 0 Å². The van der Waals surface area contributed by atoms with Crippen LogP contribution in [0.5, 0.6) is 0 Å². The van der Waals surface area contributed by atoms with E-state index in [0.717, 1.165) is 0 Å². The molecule has 0 aliphatic heterocycles. The zero-order valence-electron chi connectivity index (χ0n) is 22.7. The molecule has 0 radical (unpaired) electrons. The molecule has 40 heavy (non-hydrogen) atoms. The molecule has 8 rings (SSSR count). The fraction of sp³-hybridized carbons (Fsp3) is 0.0500. The number of hydrogen-bond acceptors (Lipinski definition) is 0. The Balaban J connectivity index is 1.37. The van der Waals surface area contributed by atoms with Crippen molar-refractivity contribution in [1.82, 2.24) is 0 Å². The molecular formula is C40H28. The Bertz CT molecular complexity index is 2120. The van der Waals surface area contributed by atoms with Crippen LogP contribution in [-0.2, 0) is 0 Å². The Labute approximate surface area is 234 Å². The molecule has 0 spiro atoms. The van der Waals surface area contributed by atoms with E-state index in [2.05, 4.69) is 147 Å². The zero-order valence-corrected chi connectivity index (χ0v) is 22.7. The number of benzene rings is 8. The van der Waals surface area contributed by atoms with Crippen molar-refractivity contribution in [1.29, 1.82) is 0 Å². The number of aryl methyl sites for hydroxylation is 2. The van der Waals surface area contributed by atoms with Gasteiger partial charge >= 0.3 is 0 Å². The van der Waals surface area contributed by atoms with Crippen LogP contribution in [-0.4, -0.2) is 0 Å². The molecule has 0 aliphatic carbocycles. The van der Waals surface area contributed by atoms with Crippen LogP contribution in [0.25, 0.3) is 76.1 Å². The highest BCUT2D eigenvalue weighted by molar-refractivity contribution is 6.16. The fourth-order valence-corrected chi connectivity index (χ4v) is 6.72. The minimum atomic E-state index is 1.28. The summed E-state index contributed by atoms with van der Waals surface area (Å²) in [5.74, 6) is 0. The predicted octanol–water partition coefficient (Wildman–Crippen LogP) is 11.4. The Morgan fingerprint density at radius 3 is 1.07 bits per heavy atom. The quantitative estimate of drug-likeness (QED) is 0.204. The first-order chi connectivity index (χ1) is 19.7. The van der Waals surface area contributed by atoms with Crippen molar-refractivity contribution in [2.24, 2.45) is 0 Å². The van der Waals surface area contributed by atoms with Crippen LogP contribution in [0.4, 0.5) is 0 Å². The largest absolute Gasteiger partial charge is 0.0616 e. The molecule has 188 valence electrons. The highest BCUT2D eigenvalue weighted by atomic mass is 14.2. The highest BCUT2D eigenvalue weighted by Gasteiger charge is 2.14. The van der Waals surface area contributed by atoms with Gasteiger partial charge in [-0.15, -0.1) is 0 Å². The molecule has 0 unspecified atom stereocenters. The molecule has 0 saturated heterocycles. The Morgan fingerprint density at radius 1 is 0.300 bits per heavy atom. The van der Waals surface area contributed by atoms with Crippen molar-refractivity contribution in [3.63, 3.8) is 0 Å². The summed E-state index contributed by atoms with van der Waals surface area (Å²) in [6, 6.07) is 49.3. The van der Waals surface area contributed by atoms with Gasteiger partial charge in [-0.3, -0.25) is 0 Å². The Kier molecular flexibility index (Phi) is 5.06. The summed E-state index contributed by atoms with van der Waals surface area (Å²) in [6.45, 7) is 4.52. The minimum Gasteiger partial charge on any atom is -0.0616 e. The van der Waals surface area contributed by atoms with Crippen LogP contribution < -0.4 is 0 Å². The van der Waals surface area contributed by atoms with Crippen molar-refractivity contribution in [3.8, 4) is 22.3 Å². The second-order valence-corrected chi connectivity index (χ2v) is 11.1. The average Bonchev–Trinajstić information content (AvgIpc) is 3.00. The maximum absolute atomic E-state index is 2.40. The highest BCUT2D eigenvalue weighted by Crippen LogP contribution is 2.40. The van der Waals surface area contributed by atoms with E-state index in [0.29, 0.717) is 0 Å². The molecule has 0 bridgehead atoms. The molecule has 0 aliphatic rings. The average molecular weight is 509 g/mol. The molecule has 0 N–H and O–H groups in total. The molecular weight excluding hydrogens is 480 g/mol. The van der Waals surface area contributed by atoms with E-state index in [9.17, 15) is 0 Å². The first kappa shape index (κ1) is 23.0. The van der Waals surface area contributed by atoms with Gasteiger partial charge in [-0.25, -0.2) is 0 Å². The normalized spacial score (nSPS) is 11.8. The van der Waals surface area contributed by atoms with Crippen LogP contribution in [0.2, 0.25) is 0 Å². The molecule has 0 heteroatoms. The lowest BCUT2D eigenvalue weighted by Gasteiger charge is -2.16. The number of fused-ring (bicyclic) bond motifs is 7. The van der Waals surface area contributed by atoms with Crippen molar-refractivity contribution in [2.45, 2.75) is 13.8 Å². The number of hydrogen-bond donors (Lipinski definition) is 0. The molecule has 0 atom stereocenters. The first-order valence-electron chi connectivity index (χ1n) is 14.0. The minimum absolute atomic E-state index is 1.28. The summed E-state index contributed by atoms with van der Waals surface area (Å²) in [4.78, 5) is 0. The molecule has 0 saturated carbocycles. The summed E-state index contributed by atoms with van der Waals surface area (Å²) >= 11 is 0. The van der Waals surface area contributed by atoms with Gasteiger partial charge in [0.25, 0.3) is 0 Å². The topological polar surface area (TPSA) is 0 Å². The lowest BCUT2D eigenvalue weighted by atomic mass is 9.87. The van der Waals surface area contributed by atoms with E-state index in [1.807, 2.05) is 0 Å². The van der Waals surface area contributed by atoms with Crippen LogP contribution in [0.1, 0.15) is 11.1 Å². The van der Waals surface area contributed by atoms with Crippen molar-refractivity contribution >= 4 is 53.9 Å². The summed E-state index contributed by atoms with van der Waals surface area (Å²) in [7, 11) is 0. The van der Waals surface area contributed by atoms with E-state index in [1.54, 1.807) is 0 Å².